The first-order valence-corrected chi connectivity index (χ1v) is 6.60. The lowest BCUT2D eigenvalue weighted by Crippen LogP contribution is -2.07. The molecule has 0 amide bonds. The molecule has 6 heteroatoms. The molecule has 0 fully saturated rings. The highest BCUT2D eigenvalue weighted by molar-refractivity contribution is 6.31. The Morgan fingerprint density at radius 2 is 2.30 bits per heavy atom. The van der Waals surface area contributed by atoms with Crippen LogP contribution < -0.4 is 4.74 Å². The van der Waals surface area contributed by atoms with Gasteiger partial charge in [0.25, 0.3) is 0 Å². The Hall–Kier alpha value is -2.01. The van der Waals surface area contributed by atoms with Gasteiger partial charge in [0, 0.05) is 13.0 Å². The number of benzene rings is 1. The lowest BCUT2D eigenvalue weighted by atomic mass is 10.2. The van der Waals surface area contributed by atoms with E-state index in [9.17, 15) is 4.79 Å². The van der Waals surface area contributed by atoms with Gasteiger partial charge in [-0.3, -0.25) is 4.68 Å². The smallest absolute Gasteiger partial charge is 0.335 e. The van der Waals surface area contributed by atoms with E-state index in [1.807, 2.05) is 11.6 Å². The van der Waals surface area contributed by atoms with Crippen LogP contribution in [0.4, 0.5) is 0 Å². The molecule has 106 valence electrons. The van der Waals surface area contributed by atoms with E-state index in [1.54, 1.807) is 18.3 Å². The van der Waals surface area contributed by atoms with Gasteiger partial charge in [-0.1, -0.05) is 17.7 Å². The number of carboxylic acid groups (broad SMARTS) is 1. The van der Waals surface area contributed by atoms with Crippen molar-refractivity contribution in [1.29, 1.82) is 0 Å². The lowest BCUT2D eigenvalue weighted by molar-refractivity contribution is 0.0696. The minimum Gasteiger partial charge on any atom is -0.494 e. The molecule has 0 saturated carbocycles. The summed E-state index contributed by atoms with van der Waals surface area (Å²) in [5.74, 6) is -0.405. The van der Waals surface area contributed by atoms with E-state index in [-0.39, 0.29) is 5.56 Å². The molecule has 1 aromatic carbocycles. The zero-order valence-electron chi connectivity index (χ0n) is 11.0. The van der Waals surface area contributed by atoms with Gasteiger partial charge in [-0.05, 0) is 25.1 Å². The van der Waals surface area contributed by atoms with Crippen molar-refractivity contribution >= 4 is 17.6 Å². The fourth-order valence-electron chi connectivity index (χ4n) is 1.77. The fourth-order valence-corrected chi connectivity index (χ4v) is 1.91. The molecule has 0 unspecified atom stereocenters. The van der Waals surface area contributed by atoms with Gasteiger partial charge in [0.2, 0.25) is 0 Å². The van der Waals surface area contributed by atoms with E-state index in [4.69, 9.17) is 21.4 Å². The highest BCUT2D eigenvalue weighted by Gasteiger charge is 2.05. The Kier molecular flexibility index (Phi) is 4.63. The number of aromatic carboxylic acids is 1. The van der Waals surface area contributed by atoms with Crippen molar-refractivity contribution in [2.45, 2.75) is 19.9 Å². The first-order valence-electron chi connectivity index (χ1n) is 6.22. The Morgan fingerprint density at radius 1 is 1.50 bits per heavy atom. The summed E-state index contributed by atoms with van der Waals surface area (Å²) in [5.41, 5.74) is 1.15. The average molecular weight is 295 g/mol. The summed E-state index contributed by atoms with van der Waals surface area (Å²) in [5, 5.41) is 13.7. The number of ether oxygens (including phenoxy) is 1. The fraction of sp³-hybridized carbons (Fsp3) is 0.286. The normalized spacial score (nSPS) is 10.5. The molecule has 1 N–H and O–H groups in total. The summed E-state index contributed by atoms with van der Waals surface area (Å²) in [6, 6.07) is 6.45. The minimum absolute atomic E-state index is 0.220. The predicted octanol–water partition coefficient (Wildman–Crippen LogP) is 3.01. The summed E-state index contributed by atoms with van der Waals surface area (Å²) in [4.78, 5) is 10.8. The molecule has 0 aliphatic rings. The number of rotatable bonds is 6. The highest BCUT2D eigenvalue weighted by atomic mass is 35.5. The van der Waals surface area contributed by atoms with Gasteiger partial charge in [0.1, 0.15) is 5.75 Å². The third-order valence-electron chi connectivity index (χ3n) is 2.91. The zero-order valence-corrected chi connectivity index (χ0v) is 11.8. The second-order valence-corrected chi connectivity index (χ2v) is 4.74. The van der Waals surface area contributed by atoms with Crippen molar-refractivity contribution in [3.05, 3.63) is 46.7 Å². The van der Waals surface area contributed by atoms with Gasteiger partial charge >= 0.3 is 5.97 Å². The number of aryl methyl sites for hydroxylation is 1. The molecule has 2 aromatic rings. The maximum atomic E-state index is 10.8. The molecule has 0 atom stereocenters. The molecule has 0 aliphatic carbocycles. The third-order valence-corrected chi connectivity index (χ3v) is 3.28. The van der Waals surface area contributed by atoms with Crippen LogP contribution in [0.25, 0.3) is 0 Å². The highest BCUT2D eigenvalue weighted by Crippen LogP contribution is 2.15. The molecule has 1 heterocycles. The SMILES string of the molecule is Cc1c(Cl)cnn1CCCOc1cccc(C(=O)O)c1. The van der Waals surface area contributed by atoms with E-state index in [2.05, 4.69) is 5.10 Å². The van der Waals surface area contributed by atoms with Gasteiger partial charge in [-0.25, -0.2) is 4.79 Å². The molecule has 0 bridgehead atoms. The second kappa shape index (κ2) is 6.43. The first-order chi connectivity index (χ1) is 9.58. The minimum atomic E-state index is -0.961. The van der Waals surface area contributed by atoms with Gasteiger partial charge in [-0.2, -0.15) is 5.10 Å². The Labute approximate surface area is 121 Å². The molecule has 20 heavy (non-hydrogen) atoms. The van der Waals surface area contributed by atoms with Gasteiger partial charge < -0.3 is 9.84 Å². The molecule has 0 aliphatic heterocycles. The maximum Gasteiger partial charge on any atom is 0.335 e. The van der Waals surface area contributed by atoms with Crippen LogP contribution in [-0.4, -0.2) is 27.5 Å². The van der Waals surface area contributed by atoms with Crippen LogP contribution in [0.3, 0.4) is 0 Å². The van der Waals surface area contributed by atoms with Crippen molar-refractivity contribution in [2.75, 3.05) is 6.61 Å². The van der Waals surface area contributed by atoms with Crippen molar-refractivity contribution in [1.82, 2.24) is 9.78 Å². The van der Waals surface area contributed by atoms with Gasteiger partial charge in [0.15, 0.2) is 0 Å². The number of nitrogens with zero attached hydrogens (tertiary/aromatic N) is 2. The van der Waals surface area contributed by atoms with Crippen LogP contribution in [0.2, 0.25) is 5.02 Å². The standard InChI is InChI=1S/C14H15ClN2O3/c1-10-13(15)9-16-17(10)6-3-7-20-12-5-2-4-11(8-12)14(18)19/h2,4-5,8-9H,3,6-7H2,1H3,(H,18,19). The van der Waals surface area contributed by atoms with Crippen LogP contribution in [0.5, 0.6) is 5.75 Å². The molecule has 0 radical (unpaired) electrons. The molecular formula is C14H15ClN2O3. The van der Waals surface area contributed by atoms with Crippen LogP contribution in [0.1, 0.15) is 22.5 Å². The molecule has 1 aromatic heterocycles. The van der Waals surface area contributed by atoms with E-state index in [0.717, 1.165) is 12.1 Å². The number of hydrogen-bond acceptors (Lipinski definition) is 3. The Bertz CT molecular complexity index is 610. The van der Waals surface area contributed by atoms with Gasteiger partial charge in [0.05, 0.1) is 29.1 Å². The van der Waals surface area contributed by atoms with Crippen molar-refractivity contribution in [3.8, 4) is 5.75 Å². The molecule has 0 spiro atoms. The third kappa shape index (κ3) is 3.51. The first kappa shape index (κ1) is 14.4. The number of hydrogen-bond donors (Lipinski definition) is 1. The van der Waals surface area contributed by atoms with Crippen LogP contribution in [0, 0.1) is 6.92 Å². The Morgan fingerprint density at radius 3 is 2.95 bits per heavy atom. The largest absolute Gasteiger partial charge is 0.494 e. The molecule has 2 rings (SSSR count). The van der Waals surface area contributed by atoms with Crippen LogP contribution in [0.15, 0.2) is 30.5 Å². The second-order valence-electron chi connectivity index (χ2n) is 4.34. The van der Waals surface area contributed by atoms with Crippen LogP contribution >= 0.6 is 11.6 Å². The molecule has 5 nitrogen and oxygen atoms in total. The molecular weight excluding hydrogens is 280 g/mol. The summed E-state index contributed by atoms with van der Waals surface area (Å²) in [6.45, 7) is 3.10. The number of carbonyl (C=O) groups is 1. The molecule has 0 saturated heterocycles. The number of aromatic nitrogens is 2. The zero-order chi connectivity index (χ0) is 14.5. The Balaban J connectivity index is 1.83. The monoisotopic (exact) mass is 294 g/mol. The summed E-state index contributed by atoms with van der Waals surface area (Å²) >= 11 is 5.91. The number of carboxylic acids is 1. The van der Waals surface area contributed by atoms with Crippen molar-refractivity contribution < 1.29 is 14.6 Å². The van der Waals surface area contributed by atoms with Crippen molar-refractivity contribution in [3.63, 3.8) is 0 Å². The predicted molar refractivity (Wildman–Crippen MR) is 75.5 cm³/mol. The topological polar surface area (TPSA) is 64.4 Å². The lowest BCUT2D eigenvalue weighted by Gasteiger charge is -2.08. The quantitative estimate of drug-likeness (QED) is 0.832. The van der Waals surface area contributed by atoms with Crippen LogP contribution in [-0.2, 0) is 6.54 Å². The maximum absolute atomic E-state index is 10.8. The van der Waals surface area contributed by atoms with E-state index in [0.29, 0.717) is 23.9 Å². The van der Waals surface area contributed by atoms with Gasteiger partial charge in [-0.15, -0.1) is 0 Å². The summed E-state index contributed by atoms with van der Waals surface area (Å²) < 4.78 is 7.35. The van der Waals surface area contributed by atoms with E-state index < -0.39 is 5.97 Å². The average Bonchev–Trinajstić information content (AvgIpc) is 2.75. The van der Waals surface area contributed by atoms with E-state index >= 15 is 0 Å². The summed E-state index contributed by atoms with van der Waals surface area (Å²) in [7, 11) is 0. The number of halogens is 1. The van der Waals surface area contributed by atoms with E-state index in [1.165, 1.54) is 12.1 Å². The van der Waals surface area contributed by atoms with Crippen molar-refractivity contribution in [2.24, 2.45) is 0 Å². The summed E-state index contributed by atoms with van der Waals surface area (Å²) in [6.07, 6.45) is 2.38.